The monoisotopic (exact) mass is 247 g/mol. The molecule has 0 bridgehead atoms. The predicted molar refractivity (Wildman–Crippen MR) is 70.0 cm³/mol. The SMILES string of the molecule is Cc1cc(C=C2C(=O)NN=C2OC(C)C)[nH]c1C. The Morgan fingerprint density at radius 3 is 2.67 bits per heavy atom. The molecule has 2 N–H and O–H groups in total. The van der Waals surface area contributed by atoms with Gasteiger partial charge in [-0.3, -0.25) is 4.79 Å². The summed E-state index contributed by atoms with van der Waals surface area (Å²) in [6.45, 7) is 7.80. The van der Waals surface area contributed by atoms with E-state index in [2.05, 4.69) is 15.5 Å². The predicted octanol–water partition coefficient (Wildman–Crippen LogP) is 1.88. The number of carbonyl (C=O) groups is 1. The van der Waals surface area contributed by atoms with E-state index in [9.17, 15) is 4.79 Å². The molecule has 1 aromatic heterocycles. The van der Waals surface area contributed by atoms with Crippen LogP contribution in [-0.2, 0) is 9.53 Å². The van der Waals surface area contributed by atoms with Crippen LogP contribution in [0.25, 0.3) is 6.08 Å². The van der Waals surface area contributed by atoms with Crippen LogP contribution in [0.2, 0.25) is 0 Å². The minimum Gasteiger partial charge on any atom is -0.473 e. The van der Waals surface area contributed by atoms with Crippen LogP contribution in [0.4, 0.5) is 0 Å². The third kappa shape index (κ3) is 2.45. The number of aromatic amines is 1. The number of ether oxygens (including phenoxy) is 1. The van der Waals surface area contributed by atoms with Gasteiger partial charge >= 0.3 is 0 Å². The number of hydrazone groups is 1. The first-order valence-corrected chi connectivity index (χ1v) is 5.90. The summed E-state index contributed by atoms with van der Waals surface area (Å²) < 4.78 is 5.49. The van der Waals surface area contributed by atoms with E-state index in [0.29, 0.717) is 11.5 Å². The van der Waals surface area contributed by atoms with Crippen LogP contribution in [0.15, 0.2) is 16.7 Å². The van der Waals surface area contributed by atoms with E-state index < -0.39 is 0 Å². The first-order chi connectivity index (χ1) is 8.47. The Morgan fingerprint density at radius 1 is 1.39 bits per heavy atom. The first kappa shape index (κ1) is 12.4. The molecule has 96 valence electrons. The molecule has 0 fully saturated rings. The Kier molecular flexibility index (Phi) is 3.23. The average molecular weight is 247 g/mol. The molecule has 5 nitrogen and oxygen atoms in total. The number of hydrogen-bond donors (Lipinski definition) is 2. The van der Waals surface area contributed by atoms with Crippen LogP contribution in [0.1, 0.15) is 30.8 Å². The third-order valence-corrected chi connectivity index (χ3v) is 2.68. The van der Waals surface area contributed by atoms with Gasteiger partial charge in [0.25, 0.3) is 5.91 Å². The Morgan fingerprint density at radius 2 is 2.11 bits per heavy atom. The molecule has 1 aliphatic rings. The number of aryl methyl sites for hydroxylation is 2. The van der Waals surface area contributed by atoms with Crippen LogP contribution < -0.4 is 5.43 Å². The van der Waals surface area contributed by atoms with Gasteiger partial charge in [0.15, 0.2) is 0 Å². The molecular formula is C13H17N3O2. The van der Waals surface area contributed by atoms with Crippen LogP contribution in [0, 0.1) is 13.8 Å². The van der Waals surface area contributed by atoms with E-state index in [1.54, 1.807) is 6.08 Å². The summed E-state index contributed by atoms with van der Waals surface area (Å²) in [7, 11) is 0. The van der Waals surface area contributed by atoms with E-state index in [0.717, 1.165) is 17.0 Å². The number of aromatic nitrogens is 1. The fourth-order valence-corrected chi connectivity index (χ4v) is 1.69. The topological polar surface area (TPSA) is 66.5 Å². The van der Waals surface area contributed by atoms with E-state index in [1.165, 1.54) is 0 Å². The fourth-order valence-electron chi connectivity index (χ4n) is 1.69. The second kappa shape index (κ2) is 4.68. The fraction of sp³-hybridized carbons (Fsp3) is 0.385. The number of hydrogen-bond acceptors (Lipinski definition) is 3. The molecule has 2 heterocycles. The van der Waals surface area contributed by atoms with Gasteiger partial charge in [-0.15, -0.1) is 5.10 Å². The lowest BCUT2D eigenvalue weighted by atomic mass is 10.2. The lowest BCUT2D eigenvalue weighted by Gasteiger charge is -2.08. The minimum atomic E-state index is -0.240. The first-order valence-electron chi connectivity index (χ1n) is 5.90. The lowest BCUT2D eigenvalue weighted by Crippen LogP contribution is -2.16. The normalized spacial score (nSPS) is 17.3. The van der Waals surface area contributed by atoms with Gasteiger partial charge in [-0.2, -0.15) is 0 Å². The highest BCUT2D eigenvalue weighted by atomic mass is 16.5. The summed E-state index contributed by atoms with van der Waals surface area (Å²) in [6, 6.07) is 1.99. The maximum absolute atomic E-state index is 11.7. The van der Waals surface area contributed by atoms with Crippen molar-refractivity contribution < 1.29 is 9.53 Å². The number of amides is 1. The maximum atomic E-state index is 11.7. The second-order valence-corrected chi connectivity index (χ2v) is 4.62. The molecule has 0 aromatic carbocycles. The van der Waals surface area contributed by atoms with Gasteiger partial charge in [0.2, 0.25) is 5.90 Å². The van der Waals surface area contributed by atoms with Crippen molar-refractivity contribution in [1.29, 1.82) is 0 Å². The van der Waals surface area contributed by atoms with Crippen LogP contribution in [0.3, 0.4) is 0 Å². The Bertz CT molecular complexity index is 519. The van der Waals surface area contributed by atoms with Crippen LogP contribution in [0.5, 0.6) is 0 Å². The number of H-pyrrole nitrogens is 1. The van der Waals surface area contributed by atoms with Gasteiger partial charge in [0.1, 0.15) is 5.57 Å². The largest absolute Gasteiger partial charge is 0.473 e. The summed E-state index contributed by atoms with van der Waals surface area (Å²) >= 11 is 0. The summed E-state index contributed by atoms with van der Waals surface area (Å²) in [5, 5.41) is 3.88. The van der Waals surface area contributed by atoms with Crippen molar-refractivity contribution in [3.05, 3.63) is 28.6 Å². The highest BCUT2D eigenvalue weighted by molar-refractivity contribution is 6.24. The molecule has 1 amide bonds. The van der Waals surface area contributed by atoms with E-state index in [4.69, 9.17) is 4.74 Å². The van der Waals surface area contributed by atoms with Crippen molar-refractivity contribution in [2.75, 3.05) is 0 Å². The summed E-state index contributed by atoms with van der Waals surface area (Å²) in [6.07, 6.45) is 1.73. The molecular weight excluding hydrogens is 230 g/mol. The smallest absolute Gasteiger partial charge is 0.277 e. The van der Waals surface area contributed by atoms with Gasteiger partial charge in [-0.05, 0) is 45.4 Å². The van der Waals surface area contributed by atoms with Crippen molar-refractivity contribution >= 4 is 17.9 Å². The van der Waals surface area contributed by atoms with Crippen molar-refractivity contribution in [1.82, 2.24) is 10.4 Å². The Balaban J connectivity index is 2.29. The van der Waals surface area contributed by atoms with Gasteiger partial charge in [0, 0.05) is 11.4 Å². The Hall–Kier alpha value is -2.04. The minimum absolute atomic E-state index is 0.0213. The van der Waals surface area contributed by atoms with E-state index in [-0.39, 0.29) is 12.0 Å². The van der Waals surface area contributed by atoms with Crippen molar-refractivity contribution in [3.8, 4) is 0 Å². The van der Waals surface area contributed by atoms with Crippen molar-refractivity contribution in [2.45, 2.75) is 33.8 Å². The molecule has 0 saturated heterocycles. The molecule has 1 aromatic rings. The molecule has 0 atom stereocenters. The van der Waals surface area contributed by atoms with Gasteiger partial charge in [-0.25, -0.2) is 5.43 Å². The van der Waals surface area contributed by atoms with Gasteiger partial charge in [-0.1, -0.05) is 0 Å². The summed E-state index contributed by atoms with van der Waals surface area (Å²) in [5.74, 6) is 0.107. The maximum Gasteiger partial charge on any atom is 0.277 e. The zero-order chi connectivity index (χ0) is 13.3. The van der Waals surface area contributed by atoms with E-state index >= 15 is 0 Å². The Labute approximate surface area is 106 Å². The highest BCUT2D eigenvalue weighted by Crippen LogP contribution is 2.16. The third-order valence-electron chi connectivity index (χ3n) is 2.68. The molecule has 0 saturated carbocycles. The molecule has 0 unspecified atom stereocenters. The van der Waals surface area contributed by atoms with Gasteiger partial charge in [0.05, 0.1) is 6.10 Å². The molecule has 1 aliphatic heterocycles. The summed E-state index contributed by atoms with van der Waals surface area (Å²) in [5.41, 5.74) is 5.97. The highest BCUT2D eigenvalue weighted by Gasteiger charge is 2.25. The number of rotatable bonds is 2. The zero-order valence-corrected chi connectivity index (χ0v) is 11.0. The molecule has 2 rings (SSSR count). The second-order valence-electron chi connectivity index (χ2n) is 4.62. The van der Waals surface area contributed by atoms with Crippen LogP contribution in [-0.4, -0.2) is 22.9 Å². The van der Waals surface area contributed by atoms with Crippen molar-refractivity contribution in [2.24, 2.45) is 5.10 Å². The molecule has 18 heavy (non-hydrogen) atoms. The van der Waals surface area contributed by atoms with Crippen molar-refractivity contribution in [3.63, 3.8) is 0 Å². The lowest BCUT2D eigenvalue weighted by molar-refractivity contribution is -0.116. The molecule has 0 aliphatic carbocycles. The number of carbonyl (C=O) groups excluding carboxylic acids is 1. The summed E-state index contributed by atoms with van der Waals surface area (Å²) in [4.78, 5) is 14.9. The molecule has 5 heteroatoms. The number of nitrogens with zero attached hydrogens (tertiary/aromatic N) is 1. The van der Waals surface area contributed by atoms with E-state index in [1.807, 2.05) is 33.8 Å². The quantitative estimate of drug-likeness (QED) is 0.784. The molecule has 0 radical (unpaired) electrons. The molecule has 0 spiro atoms. The number of nitrogens with one attached hydrogen (secondary N) is 2. The van der Waals surface area contributed by atoms with Gasteiger partial charge < -0.3 is 9.72 Å². The van der Waals surface area contributed by atoms with Crippen LogP contribution >= 0.6 is 0 Å². The standard InChI is InChI=1S/C13H17N3O2/c1-7(2)18-13-11(12(17)15-16-13)6-10-5-8(3)9(4)14-10/h5-7,14H,1-4H3,(H,15,17). The average Bonchev–Trinajstić information content (AvgIpc) is 2.75. The zero-order valence-electron chi connectivity index (χ0n) is 11.0.